The van der Waals surface area contributed by atoms with Gasteiger partial charge in [0.15, 0.2) is 6.29 Å². The van der Waals surface area contributed by atoms with E-state index in [1.54, 1.807) is 6.92 Å². The van der Waals surface area contributed by atoms with E-state index in [1.165, 1.54) is 21.3 Å². The first kappa shape index (κ1) is 12.8. The van der Waals surface area contributed by atoms with Crippen molar-refractivity contribution in [2.24, 2.45) is 0 Å². The molecule has 0 amide bonds. The Morgan fingerprint density at radius 3 is 2.00 bits per heavy atom. The lowest BCUT2D eigenvalue weighted by Crippen LogP contribution is -2.46. The van der Waals surface area contributed by atoms with Crippen LogP contribution in [0.1, 0.15) is 6.92 Å². The number of ether oxygens (including phenoxy) is 2. The van der Waals surface area contributed by atoms with Crippen LogP contribution < -0.4 is 9.44 Å². The summed E-state index contributed by atoms with van der Waals surface area (Å²) in [6.45, 7) is 1.65. The highest BCUT2D eigenvalue weighted by Gasteiger charge is 2.20. The van der Waals surface area contributed by atoms with Crippen LogP contribution in [0.3, 0.4) is 0 Å². The number of rotatable bonds is 6. The molecule has 13 heavy (non-hydrogen) atoms. The van der Waals surface area contributed by atoms with Crippen molar-refractivity contribution < 1.29 is 17.9 Å². The molecule has 6 nitrogen and oxygen atoms in total. The molecule has 0 saturated carbocycles. The van der Waals surface area contributed by atoms with Crippen molar-refractivity contribution in [1.82, 2.24) is 9.44 Å². The fraction of sp³-hybridized carbons (Fsp3) is 1.00. The zero-order valence-electron chi connectivity index (χ0n) is 8.20. The summed E-state index contributed by atoms with van der Waals surface area (Å²) < 4.78 is 36.2. The van der Waals surface area contributed by atoms with Crippen LogP contribution >= 0.6 is 0 Å². The highest BCUT2D eigenvalue weighted by Crippen LogP contribution is 1.99. The summed E-state index contributed by atoms with van der Waals surface area (Å²) in [5.74, 6) is 0. The van der Waals surface area contributed by atoms with Gasteiger partial charge in [0.25, 0.3) is 10.2 Å². The molecule has 0 radical (unpaired) electrons. The van der Waals surface area contributed by atoms with Gasteiger partial charge < -0.3 is 9.47 Å². The van der Waals surface area contributed by atoms with Crippen molar-refractivity contribution in [2.75, 3.05) is 21.3 Å². The molecule has 0 spiro atoms. The fourth-order valence-electron chi connectivity index (χ4n) is 0.864. The van der Waals surface area contributed by atoms with Crippen LogP contribution in [0.5, 0.6) is 0 Å². The molecule has 0 aromatic rings. The molecule has 0 aliphatic heterocycles. The minimum Gasteiger partial charge on any atom is -0.354 e. The second-order valence-corrected chi connectivity index (χ2v) is 4.10. The van der Waals surface area contributed by atoms with Crippen molar-refractivity contribution >= 4 is 10.2 Å². The highest BCUT2D eigenvalue weighted by molar-refractivity contribution is 7.87. The molecule has 1 atom stereocenters. The van der Waals surface area contributed by atoms with E-state index in [2.05, 4.69) is 9.44 Å². The maximum Gasteiger partial charge on any atom is 0.277 e. The largest absolute Gasteiger partial charge is 0.354 e. The molecule has 0 aromatic carbocycles. The van der Waals surface area contributed by atoms with Crippen LogP contribution in [0, 0.1) is 0 Å². The molecule has 0 saturated heterocycles. The van der Waals surface area contributed by atoms with Gasteiger partial charge in [0, 0.05) is 21.3 Å². The molecule has 0 aliphatic rings. The minimum absolute atomic E-state index is 0.451. The second-order valence-electron chi connectivity index (χ2n) is 2.45. The van der Waals surface area contributed by atoms with Crippen LogP contribution in [0.4, 0.5) is 0 Å². The van der Waals surface area contributed by atoms with Gasteiger partial charge >= 0.3 is 0 Å². The van der Waals surface area contributed by atoms with Crippen molar-refractivity contribution in [2.45, 2.75) is 19.3 Å². The Balaban J connectivity index is 4.21. The molecule has 0 fully saturated rings. The first-order valence-corrected chi connectivity index (χ1v) is 5.21. The molecule has 0 aliphatic carbocycles. The van der Waals surface area contributed by atoms with Crippen molar-refractivity contribution in [3.8, 4) is 0 Å². The molecule has 80 valence electrons. The smallest absolute Gasteiger partial charge is 0.277 e. The maximum absolute atomic E-state index is 11.0. The van der Waals surface area contributed by atoms with Crippen molar-refractivity contribution in [3.05, 3.63) is 0 Å². The molecular weight excluding hydrogens is 196 g/mol. The second kappa shape index (κ2) is 5.51. The monoisotopic (exact) mass is 212 g/mol. The van der Waals surface area contributed by atoms with Gasteiger partial charge in [-0.2, -0.15) is 13.1 Å². The van der Waals surface area contributed by atoms with Crippen LogP contribution in [0.15, 0.2) is 0 Å². The number of hydrogen-bond acceptors (Lipinski definition) is 4. The SMILES string of the molecule is CNS(=O)(=O)NC(C)C(OC)OC. The molecular formula is C6H16N2O4S. The normalized spacial score (nSPS) is 14.8. The molecule has 2 N–H and O–H groups in total. The van der Waals surface area contributed by atoms with E-state index in [1.807, 2.05) is 0 Å². The van der Waals surface area contributed by atoms with E-state index in [0.29, 0.717) is 0 Å². The van der Waals surface area contributed by atoms with Crippen LogP contribution in [-0.2, 0) is 19.7 Å². The molecule has 0 rings (SSSR count). The zero-order valence-corrected chi connectivity index (χ0v) is 9.01. The average molecular weight is 212 g/mol. The highest BCUT2D eigenvalue weighted by atomic mass is 32.2. The predicted octanol–water partition coefficient (Wildman–Crippen LogP) is -0.952. The van der Waals surface area contributed by atoms with Gasteiger partial charge in [0.2, 0.25) is 0 Å². The summed E-state index contributed by atoms with van der Waals surface area (Å²) >= 11 is 0. The van der Waals surface area contributed by atoms with Gasteiger partial charge in [-0.3, -0.25) is 0 Å². The standard InChI is InChI=1S/C6H16N2O4S/c1-5(6(11-3)12-4)8-13(9,10)7-2/h5-8H,1-4H3. The van der Waals surface area contributed by atoms with Gasteiger partial charge in [0.1, 0.15) is 0 Å². The lowest BCUT2D eigenvalue weighted by atomic mass is 10.3. The van der Waals surface area contributed by atoms with E-state index in [0.717, 1.165) is 0 Å². The van der Waals surface area contributed by atoms with Gasteiger partial charge in [-0.1, -0.05) is 0 Å². The van der Waals surface area contributed by atoms with Gasteiger partial charge in [-0.25, -0.2) is 4.72 Å². The third-order valence-corrected chi connectivity index (χ3v) is 2.70. The quantitative estimate of drug-likeness (QED) is 0.556. The summed E-state index contributed by atoms with van der Waals surface area (Å²) in [6.07, 6.45) is -0.594. The Bertz CT molecular complexity index is 225. The Labute approximate surface area is 78.8 Å². The third kappa shape index (κ3) is 4.53. The lowest BCUT2D eigenvalue weighted by molar-refractivity contribution is -0.115. The van der Waals surface area contributed by atoms with E-state index in [-0.39, 0.29) is 0 Å². The van der Waals surface area contributed by atoms with Gasteiger partial charge in [-0.15, -0.1) is 0 Å². The first-order chi connectivity index (χ1) is 5.96. The van der Waals surface area contributed by atoms with E-state index in [4.69, 9.17) is 9.47 Å². The topological polar surface area (TPSA) is 76.7 Å². The molecule has 0 bridgehead atoms. The predicted molar refractivity (Wildman–Crippen MR) is 48.4 cm³/mol. The fourth-order valence-corrected chi connectivity index (χ4v) is 1.58. The summed E-state index contributed by atoms with van der Waals surface area (Å²) in [4.78, 5) is 0. The Hall–Kier alpha value is -0.210. The van der Waals surface area contributed by atoms with Gasteiger partial charge in [-0.05, 0) is 6.92 Å². The van der Waals surface area contributed by atoms with Gasteiger partial charge in [0.05, 0.1) is 6.04 Å². The Kier molecular flexibility index (Phi) is 5.42. The minimum atomic E-state index is -3.44. The lowest BCUT2D eigenvalue weighted by Gasteiger charge is -2.21. The van der Waals surface area contributed by atoms with E-state index >= 15 is 0 Å². The maximum atomic E-state index is 11.0. The Morgan fingerprint density at radius 2 is 1.69 bits per heavy atom. The van der Waals surface area contributed by atoms with Crippen molar-refractivity contribution in [1.29, 1.82) is 0 Å². The first-order valence-electron chi connectivity index (χ1n) is 3.73. The van der Waals surface area contributed by atoms with E-state index in [9.17, 15) is 8.42 Å². The van der Waals surface area contributed by atoms with Crippen LogP contribution in [-0.4, -0.2) is 42.0 Å². The molecule has 0 aromatic heterocycles. The summed E-state index contributed by atoms with van der Waals surface area (Å²) in [5, 5.41) is 0. The molecule has 1 unspecified atom stereocenters. The van der Waals surface area contributed by atoms with Crippen molar-refractivity contribution in [3.63, 3.8) is 0 Å². The van der Waals surface area contributed by atoms with Crippen LogP contribution in [0.25, 0.3) is 0 Å². The number of methoxy groups -OCH3 is 2. The summed E-state index contributed by atoms with van der Waals surface area (Å²) in [7, 11) is 0.765. The summed E-state index contributed by atoms with van der Waals surface area (Å²) in [5.41, 5.74) is 0. The Morgan fingerprint density at radius 1 is 1.23 bits per heavy atom. The average Bonchev–Trinajstić information content (AvgIpc) is 2.06. The van der Waals surface area contributed by atoms with Crippen LogP contribution in [0.2, 0.25) is 0 Å². The molecule has 0 heterocycles. The van der Waals surface area contributed by atoms with E-state index < -0.39 is 22.5 Å². The summed E-state index contributed by atoms with van der Waals surface area (Å²) in [6, 6.07) is -0.451. The third-order valence-electron chi connectivity index (χ3n) is 1.48. The number of nitrogens with one attached hydrogen (secondary N) is 2. The number of hydrogen-bond donors (Lipinski definition) is 2. The molecule has 7 heteroatoms. The zero-order chi connectivity index (χ0) is 10.5.